The number of esters is 2. The average Bonchev–Trinajstić information content (AvgIpc) is 2.01. The third-order valence-corrected chi connectivity index (χ3v) is 2.06. The van der Waals surface area contributed by atoms with Crippen molar-refractivity contribution in [2.45, 2.75) is 5.25 Å². The molecule has 0 saturated carbocycles. The summed E-state index contributed by atoms with van der Waals surface area (Å²) in [6.07, 6.45) is 0. The molecule has 0 aromatic rings. The molecule has 0 aromatic heterocycles. The van der Waals surface area contributed by atoms with Crippen LogP contribution in [0.2, 0.25) is 0 Å². The minimum absolute atomic E-state index is 0.823. The number of carbonyl (C=O) groups is 2. The van der Waals surface area contributed by atoms with Gasteiger partial charge in [0.1, 0.15) is 0 Å². The summed E-state index contributed by atoms with van der Waals surface area (Å²) in [4.78, 5) is 21.2. The first-order valence-corrected chi connectivity index (χ1v) is 4.38. The Kier molecular flexibility index (Phi) is 3.79. The highest BCUT2D eigenvalue weighted by atomic mass is 32.3. The van der Waals surface area contributed by atoms with Crippen LogP contribution in [-0.2, 0) is 29.3 Å². The van der Waals surface area contributed by atoms with Gasteiger partial charge < -0.3 is 9.47 Å². The molecule has 0 aliphatic carbocycles. The van der Waals surface area contributed by atoms with Crippen molar-refractivity contribution in [3.8, 4) is 0 Å². The van der Waals surface area contributed by atoms with Crippen LogP contribution in [-0.4, -0.2) is 39.8 Å². The molecule has 0 amide bonds. The molecule has 0 aromatic carbocycles. The third kappa shape index (κ3) is 2.98. The fourth-order valence-electron chi connectivity index (χ4n) is 0.540. The molecular weight excluding hydrogens is 207 g/mol. The van der Waals surface area contributed by atoms with Crippen LogP contribution in [0.15, 0.2) is 0 Å². The van der Waals surface area contributed by atoms with E-state index in [0.29, 0.717) is 0 Å². The topological polar surface area (TPSA) is 86.7 Å². The van der Waals surface area contributed by atoms with Crippen molar-refractivity contribution in [1.29, 1.82) is 0 Å². The first-order valence-electron chi connectivity index (χ1n) is 2.93. The predicted octanol–water partition coefficient (Wildman–Crippen LogP) is -1.000. The van der Waals surface area contributed by atoms with Gasteiger partial charge in [-0.15, -0.1) is 3.89 Å². The molecule has 8 heteroatoms. The summed E-state index contributed by atoms with van der Waals surface area (Å²) in [5.74, 6) is -3.04. The van der Waals surface area contributed by atoms with Gasteiger partial charge in [-0.05, 0) is 0 Å². The molecule has 13 heavy (non-hydrogen) atoms. The summed E-state index contributed by atoms with van der Waals surface area (Å²) in [7, 11) is -3.69. The Morgan fingerprint density at radius 3 is 1.62 bits per heavy atom. The van der Waals surface area contributed by atoms with Crippen LogP contribution in [0.3, 0.4) is 0 Å². The molecule has 0 aliphatic rings. The van der Waals surface area contributed by atoms with E-state index in [-0.39, 0.29) is 0 Å². The van der Waals surface area contributed by atoms with E-state index in [2.05, 4.69) is 9.47 Å². The molecule has 0 rings (SSSR count). The number of halogens is 1. The minimum atomic E-state index is -5.34. The molecule has 0 bridgehead atoms. The lowest BCUT2D eigenvalue weighted by atomic mass is 10.4. The van der Waals surface area contributed by atoms with Gasteiger partial charge in [-0.1, -0.05) is 0 Å². The van der Waals surface area contributed by atoms with Crippen LogP contribution in [0.1, 0.15) is 0 Å². The fourth-order valence-corrected chi connectivity index (χ4v) is 1.19. The molecule has 76 valence electrons. The van der Waals surface area contributed by atoms with E-state index < -0.39 is 27.4 Å². The van der Waals surface area contributed by atoms with E-state index in [1.807, 2.05) is 0 Å². The lowest BCUT2D eigenvalue weighted by Crippen LogP contribution is -2.37. The highest BCUT2D eigenvalue weighted by Gasteiger charge is 2.41. The first-order chi connectivity index (χ1) is 5.84. The number of hydrogen-bond acceptors (Lipinski definition) is 6. The zero-order valence-corrected chi connectivity index (χ0v) is 7.63. The molecule has 0 heterocycles. The van der Waals surface area contributed by atoms with Gasteiger partial charge in [0.05, 0.1) is 14.2 Å². The zero-order valence-electron chi connectivity index (χ0n) is 6.81. The molecule has 0 saturated heterocycles. The predicted molar refractivity (Wildman–Crippen MR) is 37.8 cm³/mol. The number of ether oxygens (including phenoxy) is 2. The van der Waals surface area contributed by atoms with Gasteiger partial charge in [-0.25, -0.2) is 9.59 Å². The second-order valence-corrected chi connectivity index (χ2v) is 3.32. The van der Waals surface area contributed by atoms with Crippen molar-refractivity contribution in [3.05, 3.63) is 0 Å². The Bertz CT molecular complexity index is 291. The molecule has 0 atom stereocenters. The van der Waals surface area contributed by atoms with Gasteiger partial charge in [0.15, 0.2) is 0 Å². The van der Waals surface area contributed by atoms with E-state index in [0.717, 1.165) is 14.2 Å². The van der Waals surface area contributed by atoms with Crippen LogP contribution in [0.5, 0.6) is 0 Å². The highest BCUT2D eigenvalue weighted by molar-refractivity contribution is 7.88. The van der Waals surface area contributed by atoms with Crippen molar-refractivity contribution in [2.24, 2.45) is 0 Å². The van der Waals surface area contributed by atoms with Crippen LogP contribution in [0.4, 0.5) is 3.89 Å². The van der Waals surface area contributed by atoms with Crippen LogP contribution < -0.4 is 0 Å². The molecule has 0 spiro atoms. The van der Waals surface area contributed by atoms with Crippen LogP contribution >= 0.6 is 0 Å². The Hall–Kier alpha value is -1.18. The van der Waals surface area contributed by atoms with Crippen molar-refractivity contribution < 1.29 is 31.4 Å². The molecule has 0 unspecified atom stereocenters. The Morgan fingerprint density at radius 2 is 1.46 bits per heavy atom. The van der Waals surface area contributed by atoms with E-state index in [9.17, 15) is 21.9 Å². The molecule has 0 aliphatic heterocycles. The molecule has 0 N–H and O–H groups in total. The van der Waals surface area contributed by atoms with Crippen molar-refractivity contribution in [2.75, 3.05) is 14.2 Å². The van der Waals surface area contributed by atoms with Crippen LogP contribution in [0.25, 0.3) is 0 Å². The van der Waals surface area contributed by atoms with Crippen molar-refractivity contribution >= 4 is 22.2 Å². The maximum atomic E-state index is 12.3. The van der Waals surface area contributed by atoms with Gasteiger partial charge >= 0.3 is 22.2 Å². The maximum Gasteiger partial charge on any atom is 0.338 e. The average molecular weight is 214 g/mol. The number of carbonyl (C=O) groups excluding carboxylic acids is 2. The second-order valence-electron chi connectivity index (χ2n) is 1.90. The fraction of sp³-hybridized carbons (Fsp3) is 0.600. The summed E-state index contributed by atoms with van der Waals surface area (Å²) >= 11 is 0. The second kappa shape index (κ2) is 4.17. The Labute approximate surface area is 73.8 Å². The normalized spacial score (nSPS) is 11.1. The third-order valence-electron chi connectivity index (χ3n) is 1.11. The van der Waals surface area contributed by atoms with E-state index in [1.54, 1.807) is 0 Å². The molecular formula is C5H7FO6S. The van der Waals surface area contributed by atoms with E-state index >= 15 is 0 Å². The largest absolute Gasteiger partial charge is 0.468 e. The van der Waals surface area contributed by atoms with Gasteiger partial charge in [0.25, 0.3) is 5.25 Å². The Morgan fingerprint density at radius 1 is 1.15 bits per heavy atom. The van der Waals surface area contributed by atoms with Crippen LogP contribution in [0, 0.1) is 0 Å². The maximum absolute atomic E-state index is 12.3. The molecule has 0 fully saturated rings. The number of hydrogen-bond donors (Lipinski definition) is 0. The summed E-state index contributed by atoms with van der Waals surface area (Å²) in [5, 5.41) is -2.55. The molecule has 0 radical (unpaired) electrons. The minimum Gasteiger partial charge on any atom is -0.468 e. The van der Waals surface area contributed by atoms with Gasteiger partial charge in [0, 0.05) is 0 Å². The number of rotatable bonds is 3. The lowest BCUT2D eigenvalue weighted by Gasteiger charge is -2.06. The van der Waals surface area contributed by atoms with Gasteiger partial charge in [-0.2, -0.15) is 8.42 Å². The monoisotopic (exact) mass is 214 g/mol. The van der Waals surface area contributed by atoms with Gasteiger partial charge in [0.2, 0.25) is 0 Å². The van der Waals surface area contributed by atoms with Crippen molar-refractivity contribution in [3.63, 3.8) is 0 Å². The smallest absolute Gasteiger partial charge is 0.338 e. The molecule has 6 nitrogen and oxygen atoms in total. The Balaban J connectivity index is 5.00. The van der Waals surface area contributed by atoms with E-state index in [4.69, 9.17) is 0 Å². The summed E-state index contributed by atoms with van der Waals surface area (Å²) in [6, 6.07) is 0. The standard InChI is InChI=1S/C5H7FO6S/c1-11-4(7)3(5(8)12-2)13(6,9)10/h3H,1-2H3. The summed E-state index contributed by atoms with van der Waals surface area (Å²) < 4.78 is 40.6. The summed E-state index contributed by atoms with van der Waals surface area (Å²) in [5.41, 5.74) is 0. The SMILES string of the molecule is COC(=O)C(C(=O)OC)S(=O)(=O)F. The number of methoxy groups -OCH3 is 2. The quantitative estimate of drug-likeness (QED) is 0.340. The van der Waals surface area contributed by atoms with E-state index in [1.165, 1.54) is 0 Å². The highest BCUT2D eigenvalue weighted by Crippen LogP contribution is 2.07. The van der Waals surface area contributed by atoms with Crippen molar-refractivity contribution in [1.82, 2.24) is 0 Å². The van der Waals surface area contributed by atoms with Gasteiger partial charge in [-0.3, -0.25) is 0 Å². The summed E-state index contributed by atoms with van der Waals surface area (Å²) in [6.45, 7) is 0. The lowest BCUT2D eigenvalue weighted by molar-refractivity contribution is -0.150. The first kappa shape index (κ1) is 11.8. The zero-order chi connectivity index (χ0) is 10.6.